The second kappa shape index (κ2) is 5.12. The molecule has 0 radical (unpaired) electrons. The van der Waals surface area contributed by atoms with Gasteiger partial charge in [0.15, 0.2) is 0 Å². The molecule has 2 aliphatic carbocycles. The van der Waals surface area contributed by atoms with E-state index in [0.717, 1.165) is 0 Å². The molecule has 21 heavy (non-hydrogen) atoms. The van der Waals surface area contributed by atoms with Crippen LogP contribution in [0.15, 0.2) is 6.20 Å². The van der Waals surface area contributed by atoms with E-state index in [9.17, 15) is 0 Å². The summed E-state index contributed by atoms with van der Waals surface area (Å²) in [5.74, 6) is 0. The molecular formula is C18H31N3. The first-order valence-electron chi connectivity index (χ1n) is 8.53. The van der Waals surface area contributed by atoms with Gasteiger partial charge in [-0.2, -0.15) is 5.10 Å². The van der Waals surface area contributed by atoms with Crippen molar-refractivity contribution in [2.75, 3.05) is 0 Å². The average Bonchev–Trinajstić information content (AvgIpc) is 2.68. The maximum Gasteiger partial charge on any atom is 0.0540 e. The van der Waals surface area contributed by atoms with Crippen LogP contribution in [0.5, 0.6) is 0 Å². The quantitative estimate of drug-likeness (QED) is 0.892. The van der Waals surface area contributed by atoms with Crippen molar-refractivity contribution in [3.8, 4) is 0 Å². The highest BCUT2D eigenvalue weighted by molar-refractivity contribution is 5.25. The topological polar surface area (TPSA) is 29.9 Å². The predicted octanol–water partition coefficient (Wildman–Crippen LogP) is 3.99. The van der Waals surface area contributed by atoms with E-state index in [1.165, 1.54) is 49.8 Å². The Bertz CT molecular complexity index is 497. The SMILES string of the molecule is Cn1ncc2c1CCCC2NC1CC(C)(C)CC(C)(C)C1. The fourth-order valence-corrected chi connectivity index (χ4v) is 5.13. The molecule has 2 aliphatic rings. The summed E-state index contributed by atoms with van der Waals surface area (Å²) >= 11 is 0. The summed E-state index contributed by atoms with van der Waals surface area (Å²) < 4.78 is 2.07. The lowest BCUT2D eigenvalue weighted by Crippen LogP contribution is -2.45. The molecule has 3 rings (SSSR count). The van der Waals surface area contributed by atoms with Crippen LogP contribution in [0.25, 0.3) is 0 Å². The number of hydrogen-bond donors (Lipinski definition) is 1. The second-order valence-electron chi connectivity index (χ2n) is 8.89. The van der Waals surface area contributed by atoms with E-state index in [4.69, 9.17) is 0 Å². The maximum atomic E-state index is 4.48. The third-order valence-corrected chi connectivity index (χ3v) is 5.37. The van der Waals surface area contributed by atoms with E-state index in [1.54, 1.807) is 0 Å². The predicted molar refractivity (Wildman–Crippen MR) is 87.2 cm³/mol. The smallest absolute Gasteiger partial charge is 0.0540 e. The normalized spacial score (nSPS) is 28.3. The molecule has 1 aromatic heterocycles. The molecular weight excluding hydrogens is 258 g/mol. The number of hydrogen-bond acceptors (Lipinski definition) is 2. The van der Waals surface area contributed by atoms with Crippen molar-refractivity contribution in [3.05, 3.63) is 17.5 Å². The molecule has 0 amide bonds. The van der Waals surface area contributed by atoms with Crippen molar-refractivity contribution in [3.63, 3.8) is 0 Å². The van der Waals surface area contributed by atoms with Crippen LogP contribution in [-0.2, 0) is 13.5 Å². The molecule has 0 saturated heterocycles. The number of nitrogens with one attached hydrogen (secondary N) is 1. The molecule has 1 saturated carbocycles. The van der Waals surface area contributed by atoms with Gasteiger partial charge < -0.3 is 5.32 Å². The van der Waals surface area contributed by atoms with Crippen LogP contribution in [0.3, 0.4) is 0 Å². The van der Waals surface area contributed by atoms with E-state index in [0.29, 0.717) is 22.9 Å². The van der Waals surface area contributed by atoms with E-state index in [1.807, 2.05) is 0 Å². The highest BCUT2D eigenvalue weighted by Crippen LogP contribution is 2.46. The Labute approximate surface area is 129 Å². The first kappa shape index (κ1) is 15.1. The molecule has 3 nitrogen and oxygen atoms in total. The third-order valence-electron chi connectivity index (χ3n) is 5.37. The molecule has 1 fully saturated rings. The van der Waals surface area contributed by atoms with Crippen LogP contribution in [-0.4, -0.2) is 15.8 Å². The Hall–Kier alpha value is -0.830. The molecule has 0 spiro atoms. The van der Waals surface area contributed by atoms with Crippen LogP contribution in [0.4, 0.5) is 0 Å². The van der Waals surface area contributed by atoms with E-state index < -0.39 is 0 Å². The second-order valence-corrected chi connectivity index (χ2v) is 8.89. The molecule has 0 aliphatic heterocycles. The summed E-state index contributed by atoms with van der Waals surface area (Å²) in [4.78, 5) is 0. The fourth-order valence-electron chi connectivity index (χ4n) is 5.13. The first-order valence-corrected chi connectivity index (χ1v) is 8.53. The zero-order valence-electron chi connectivity index (χ0n) is 14.4. The number of aromatic nitrogens is 2. The highest BCUT2D eigenvalue weighted by atomic mass is 15.3. The molecule has 1 atom stereocenters. The zero-order valence-corrected chi connectivity index (χ0v) is 14.4. The highest BCUT2D eigenvalue weighted by Gasteiger charge is 2.39. The van der Waals surface area contributed by atoms with Gasteiger partial charge in [-0.25, -0.2) is 0 Å². The van der Waals surface area contributed by atoms with Crippen molar-refractivity contribution in [2.24, 2.45) is 17.9 Å². The molecule has 118 valence electrons. The Morgan fingerprint density at radius 1 is 1.19 bits per heavy atom. The Morgan fingerprint density at radius 3 is 2.52 bits per heavy atom. The third kappa shape index (κ3) is 3.18. The van der Waals surface area contributed by atoms with Gasteiger partial charge in [0.1, 0.15) is 0 Å². The monoisotopic (exact) mass is 289 g/mol. The van der Waals surface area contributed by atoms with Gasteiger partial charge in [0.05, 0.1) is 6.20 Å². The van der Waals surface area contributed by atoms with Crippen molar-refractivity contribution >= 4 is 0 Å². The Kier molecular flexibility index (Phi) is 3.67. The van der Waals surface area contributed by atoms with Crippen LogP contribution in [0.2, 0.25) is 0 Å². The van der Waals surface area contributed by atoms with Crippen LogP contribution in [0.1, 0.15) is 77.1 Å². The van der Waals surface area contributed by atoms with Gasteiger partial charge in [-0.05, 0) is 49.4 Å². The molecule has 0 aromatic carbocycles. The fraction of sp³-hybridized carbons (Fsp3) is 0.833. The van der Waals surface area contributed by atoms with E-state index in [2.05, 4.69) is 56.0 Å². The first-order chi connectivity index (χ1) is 9.76. The Balaban J connectivity index is 1.75. The lowest BCUT2D eigenvalue weighted by Gasteiger charge is -2.46. The summed E-state index contributed by atoms with van der Waals surface area (Å²) in [6.45, 7) is 9.72. The van der Waals surface area contributed by atoms with Gasteiger partial charge in [0, 0.05) is 30.4 Å². The summed E-state index contributed by atoms with van der Waals surface area (Å²) in [6.07, 6.45) is 9.74. The summed E-state index contributed by atoms with van der Waals surface area (Å²) in [6, 6.07) is 1.15. The van der Waals surface area contributed by atoms with Crippen LogP contribution < -0.4 is 5.32 Å². The maximum absolute atomic E-state index is 4.48. The van der Waals surface area contributed by atoms with Gasteiger partial charge in [-0.15, -0.1) is 0 Å². The van der Waals surface area contributed by atoms with Crippen LogP contribution in [0, 0.1) is 10.8 Å². The number of aryl methyl sites for hydroxylation is 1. The average molecular weight is 289 g/mol. The lowest BCUT2D eigenvalue weighted by atomic mass is 9.63. The van der Waals surface area contributed by atoms with Crippen molar-refractivity contribution < 1.29 is 0 Å². The van der Waals surface area contributed by atoms with Crippen molar-refractivity contribution in [1.29, 1.82) is 0 Å². The van der Waals surface area contributed by atoms with Gasteiger partial charge >= 0.3 is 0 Å². The minimum Gasteiger partial charge on any atom is -0.307 e. The summed E-state index contributed by atoms with van der Waals surface area (Å²) in [5, 5.41) is 8.46. The van der Waals surface area contributed by atoms with Gasteiger partial charge in [-0.3, -0.25) is 4.68 Å². The molecule has 3 heteroatoms. The Morgan fingerprint density at radius 2 is 1.86 bits per heavy atom. The van der Waals surface area contributed by atoms with Gasteiger partial charge in [-0.1, -0.05) is 27.7 Å². The number of nitrogens with zero attached hydrogens (tertiary/aromatic N) is 2. The van der Waals surface area contributed by atoms with E-state index >= 15 is 0 Å². The molecule has 1 heterocycles. The van der Waals surface area contributed by atoms with Crippen LogP contribution >= 0.6 is 0 Å². The molecule has 1 aromatic rings. The minimum atomic E-state index is 0.450. The van der Waals surface area contributed by atoms with E-state index in [-0.39, 0.29) is 0 Å². The van der Waals surface area contributed by atoms with Gasteiger partial charge in [0.25, 0.3) is 0 Å². The largest absolute Gasteiger partial charge is 0.307 e. The molecule has 1 N–H and O–H groups in total. The molecule has 1 unspecified atom stereocenters. The lowest BCUT2D eigenvalue weighted by molar-refractivity contribution is 0.0790. The number of fused-ring (bicyclic) bond motifs is 1. The molecule has 0 bridgehead atoms. The van der Waals surface area contributed by atoms with Gasteiger partial charge in [0.2, 0.25) is 0 Å². The van der Waals surface area contributed by atoms with Crippen molar-refractivity contribution in [1.82, 2.24) is 15.1 Å². The summed E-state index contributed by atoms with van der Waals surface area (Å²) in [7, 11) is 2.08. The standard InChI is InChI=1S/C18H31N3/c1-17(2)9-13(10-18(3,4)12-17)20-15-7-6-8-16-14(15)11-19-21(16)5/h11,13,15,20H,6-10,12H2,1-5H3. The number of rotatable bonds is 2. The van der Waals surface area contributed by atoms with Crippen molar-refractivity contribution in [2.45, 2.75) is 78.3 Å². The summed E-state index contributed by atoms with van der Waals surface area (Å²) in [5.41, 5.74) is 3.79. The zero-order chi connectivity index (χ0) is 15.3. The minimum absolute atomic E-state index is 0.450.